The number of fused-ring (bicyclic) bond motifs is 4. The van der Waals surface area contributed by atoms with Gasteiger partial charge in [0.05, 0.1) is 40.6 Å². The van der Waals surface area contributed by atoms with Gasteiger partial charge in [-0.1, -0.05) is 17.3 Å². The molecule has 3 aromatic rings. The number of benzene rings is 2. The molecule has 3 N–H and O–H groups in total. The minimum Gasteiger partial charge on any atom is -0.491 e. The van der Waals surface area contributed by atoms with Gasteiger partial charge < -0.3 is 25.2 Å². The van der Waals surface area contributed by atoms with Gasteiger partial charge in [-0.15, -0.1) is 0 Å². The Labute approximate surface area is 277 Å². The number of hydrogen-bond acceptors (Lipinski definition) is 9. The van der Waals surface area contributed by atoms with Crippen molar-refractivity contribution in [2.75, 3.05) is 10.7 Å². The molecule has 256 valence electrons. The summed E-state index contributed by atoms with van der Waals surface area (Å²) in [5, 5.41) is 7.20. The van der Waals surface area contributed by atoms with Gasteiger partial charge >= 0.3 is 0 Å². The van der Waals surface area contributed by atoms with Crippen molar-refractivity contribution in [1.82, 2.24) is 15.5 Å². The Balaban J connectivity index is 1.12. The summed E-state index contributed by atoms with van der Waals surface area (Å²) >= 11 is 0. The highest BCUT2D eigenvalue weighted by molar-refractivity contribution is 7.91. The van der Waals surface area contributed by atoms with E-state index in [1.165, 1.54) is 4.90 Å². The van der Waals surface area contributed by atoms with Crippen LogP contribution in [0.4, 0.5) is 14.5 Å². The Bertz CT molecular complexity index is 1830. The number of hydrogen-bond donors (Lipinski definition) is 2. The van der Waals surface area contributed by atoms with Crippen molar-refractivity contribution in [2.45, 2.75) is 112 Å². The molecule has 0 unspecified atom stereocenters. The molecule has 1 aliphatic heterocycles. The molecule has 8 rings (SSSR count). The summed E-state index contributed by atoms with van der Waals surface area (Å²) in [5.74, 6) is -1.32. The van der Waals surface area contributed by atoms with Crippen LogP contribution in [0.2, 0.25) is 0 Å². The number of alkyl halides is 1. The summed E-state index contributed by atoms with van der Waals surface area (Å²) in [5.41, 5.74) is 5.34. The maximum absolute atomic E-state index is 15.7. The third-order valence-electron chi connectivity index (χ3n) is 10.5. The number of nitrogens with one attached hydrogen (secondary N) is 1. The third-order valence-corrected chi connectivity index (χ3v) is 12.3. The SMILES string of the molecule is CC(C)Oc1ccc(CN2C(=O)[C@@H](N)CS(=O)(=O)c3cc(F)c(C(=O)NC45CCC(c6nc(C7CC(F)C7)no6)(CC4)CC5)cc32)cc1. The summed E-state index contributed by atoms with van der Waals surface area (Å²) in [7, 11) is -4.16. The fourth-order valence-electron chi connectivity index (χ4n) is 7.56. The zero-order chi connectivity index (χ0) is 34.0. The van der Waals surface area contributed by atoms with Crippen LogP contribution in [0, 0.1) is 5.82 Å². The number of rotatable bonds is 8. The highest BCUT2D eigenvalue weighted by Crippen LogP contribution is 2.53. The molecule has 5 aliphatic rings. The molecule has 48 heavy (non-hydrogen) atoms. The Morgan fingerprint density at radius 2 is 1.79 bits per heavy atom. The van der Waals surface area contributed by atoms with Crippen LogP contribution in [-0.4, -0.2) is 60.0 Å². The number of ether oxygens (including phenoxy) is 1. The van der Waals surface area contributed by atoms with Gasteiger partial charge in [-0.2, -0.15) is 4.98 Å². The lowest BCUT2D eigenvalue weighted by Crippen LogP contribution is -2.58. The van der Waals surface area contributed by atoms with E-state index in [1.54, 1.807) is 24.3 Å². The first-order valence-electron chi connectivity index (χ1n) is 16.5. The van der Waals surface area contributed by atoms with Gasteiger partial charge in [0.15, 0.2) is 15.7 Å². The first-order chi connectivity index (χ1) is 22.8. The molecule has 4 fully saturated rings. The van der Waals surface area contributed by atoms with Crippen molar-refractivity contribution in [3.63, 3.8) is 0 Å². The van der Waals surface area contributed by atoms with E-state index >= 15 is 4.39 Å². The fourth-order valence-corrected chi connectivity index (χ4v) is 9.13. The van der Waals surface area contributed by atoms with E-state index in [4.69, 9.17) is 15.0 Å². The van der Waals surface area contributed by atoms with Crippen LogP contribution >= 0.6 is 0 Å². The Kier molecular flexibility index (Phi) is 8.09. The topological polar surface area (TPSA) is 158 Å². The second-order valence-electron chi connectivity index (χ2n) is 14.2. The van der Waals surface area contributed by atoms with Gasteiger partial charge in [-0.25, -0.2) is 17.2 Å². The molecular weight excluding hydrogens is 644 g/mol. The monoisotopic (exact) mass is 683 g/mol. The molecule has 0 radical (unpaired) electrons. The average Bonchev–Trinajstić information content (AvgIpc) is 3.51. The summed E-state index contributed by atoms with van der Waals surface area (Å²) in [6.45, 7) is 3.75. The number of nitrogens with two attached hydrogens (primary N) is 1. The smallest absolute Gasteiger partial charge is 0.254 e. The van der Waals surface area contributed by atoms with E-state index in [2.05, 4.69) is 15.5 Å². The number of carbonyl (C=O) groups is 2. The van der Waals surface area contributed by atoms with Crippen molar-refractivity contribution in [1.29, 1.82) is 0 Å². The second kappa shape index (κ2) is 11.9. The van der Waals surface area contributed by atoms with Gasteiger partial charge in [0.2, 0.25) is 11.8 Å². The Morgan fingerprint density at radius 1 is 1.12 bits per heavy atom. The molecule has 1 atom stereocenters. The van der Waals surface area contributed by atoms with E-state index in [1.807, 2.05) is 13.8 Å². The standard InChI is InChI=1S/C34H39F2N5O6S/c1-19(2)46-23-5-3-20(4-6-23)17-41-27-15-24(25(36)16-28(27)48(44,45)18-26(37)31(41)43)30(42)39-34-10-7-33(8-11-34,9-12-34)32-38-29(40-47-32)21-13-22(35)14-21/h3-6,15-16,19,21-22,26H,7-14,17-18,37H2,1-2H3,(H,39,42)/t21?,22?,26-,33?,34?/m0/s1. The first-order valence-corrected chi connectivity index (χ1v) is 18.1. The van der Waals surface area contributed by atoms with Crippen molar-refractivity contribution in [3.8, 4) is 5.75 Å². The van der Waals surface area contributed by atoms with Crippen molar-refractivity contribution in [2.24, 2.45) is 5.73 Å². The van der Waals surface area contributed by atoms with Crippen LogP contribution in [0.5, 0.6) is 5.75 Å². The number of anilines is 1. The van der Waals surface area contributed by atoms with Crippen LogP contribution in [0.3, 0.4) is 0 Å². The second-order valence-corrected chi connectivity index (χ2v) is 16.2. The zero-order valence-corrected chi connectivity index (χ0v) is 27.7. The molecule has 11 nitrogen and oxygen atoms in total. The molecule has 0 spiro atoms. The van der Waals surface area contributed by atoms with E-state index in [0.29, 0.717) is 74.4 Å². The van der Waals surface area contributed by atoms with Crippen LogP contribution in [0.1, 0.15) is 98.8 Å². The summed E-state index contributed by atoms with van der Waals surface area (Å²) in [6.07, 6.45) is 3.80. The molecule has 1 aromatic heterocycles. The van der Waals surface area contributed by atoms with E-state index in [-0.39, 0.29) is 35.2 Å². The number of nitrogens with zero attached hydrogens (tertiary/aromatic N) is 3. The summed E-state index contributed by atoms with van der Waals surface area (Å²) in [4.78, 5) is 32.7. The maximum Gasteiger partial charge on any atom is 0.254 e. The number of carbonyl (C=O) groups excluding carboxylic acids is 2. The lowest BCUT2D eigenvalue weighted by Gasteiger charge is -2.52. The molecular formula is C34H39F2N5O6S. The van der Waals surface area contributed by atoms with Crippen molar-refractivity contribution < 1.29 is 36.0 Å². The summed E-state index contributed by atoms with van der Waals surface area (Å²) in [6, 6.07) is 7.58. The Morgan fingerprint density at radius 3 is 2.42 bits per heavy atom. The van der Waals surface area contributed by atoms with Gasteiger partial charge in [0.1, 0.15) is 17.7 Å². The first kappa shape index (κ1) is 32.6. The molecule has 14 heteroatoms. The third kappa shape index (κ3) is 5.86. The fraction of sp³-hybridized carbons (Fsp3) is 0.529. The minimum absolute atomic E-state index is 0.0166. The highest BCUT2D eigenvalue weighted by Gasteiger charge is 2.53. The molecule has 2 bridgehead atoms. The summed E-state index contributed by atoms with van der Waals surface area (Å²) < 4.78 is 67.0. The number of sulfone groups is 1. The van der Waals surface area contributed by atoms with E-state index in [9.17, 15) is 22.4 Å². The average molecular weight is 684 g/mol. The van der Waals surface area contributed by atoms with Crippen molar-refractivity contribution in [3.05, 3.63) is 65.1 Å². The molecule has 2 heterocycles. The van der Waals surface area contributed by atoms with Crippen LogP contribution in [-0.2, 0) is 26.6 Å². The molecule has 4 aliphatic carbocycles. The molecule has 2 amide bonds. The lowest BCUT2D eigenvalue weighted by atomic mass is 9.57. The predicted octanol–water partition coefficient (Wildman–Crippen LogP) is 4.63. The number of amides is 2. The quantitative estimate of drug-likeness (QED) is 0.345. The largest absolute Gasteiger partial charge is 0.491 e. The number of halogens is 2. The van der Waals surface area contributed by atoms with Gasteiger partial charge in [-0.05, 0) is 95.0 Å². The zero-order valence-electron chi connectivity index (χ0n) is 26.9. The van der Waals surface area contributed by atoms with E-state index in [0.717, 1.165) is 12.1 Å². The number of aromatic nitrogens is 2. The van der Waals surface area contributed by atoms with Crippen LogP contribution < -0.4 is 20.7 Å². The molecule has 0 saturated heterocycles. The van der Waals surface area contributed by atoms with E-state index < -0.39 is 55.9 Å². The minimum atomic E-state index is -4.16. The normalized spacial score (nSPS) is 29.2. The predicted molar refractivity (Wildman–Crippen MR) is 171 cm³/mol. The highest BCUT2D eigenvalue weighted by atomic mass is 32.2. The van der Waals surface area contributed by atoms with Gasteiger partial charge in [0, 0.05) is 16.9 Å². The van der Waals surface area contributed by atoms with Crippen LogP contribution in [0.25, 0.3) is 0 Å². The lowest BCUT2D eigenvalue weighted by molar-refractivity contribution is -0.119. The maximum atomic E-state index is 15.7. The van der Waals surface area contributed by atoms with Gasteiger partial charge in [0.25, 0.3) is 5.91 Å². The van der Waals surface area contributed by atoms with Gasteiger partial charge in [-0.3, -0.25) is 9.59 Å². The molecule has 4 saturated carbocycles. The Hall–Kier alpha value is -3.91. The molecule has 2 aromatic carbocycles. The van der Waals surface area contributed by atoms with Crippen molar-refractivity contribution >= 4 is 27.3 Å². The van der Waals surface area contributed by atoms with Crippen LogP contribution in [0.15, 0.2) is 45.8 Å².